The molecule has 158 valence electrons. The van der Waals surface area contributed by atoms with Crippen molar-refractivity contribution in [2.24, 2.45) is 0 Å². The number of anilines is 2. The van der Waals surface area contributed by atoms with Gasteiger partial charge in [-0.25, -0.2) is 8.42 Å². The summed E-state index contributed by atoms with van der Waals surface area (Å²) >= 11 is 0. The highest BCUT2D eigenvalue weighted by molar-refractivity contribution is 7.91. The Morgan fingerprint density at radius 2 is 1.79 bits per heavy atom. The minimum atomic E-state index is -2.86. The number of hydrogen-bond acceptors (Lipinski definition) is 6. The third-order valence-corrected chi connectivity index (χ3v) is 7.79. The number of rotatable bonds is 5. The summed E-state index contributed by atoms with van der Waals surface area (Å²) < 4.78 is 23.3. The summed E-state index contributed by atoms with van der Waals surface area (Å²) in [6.45, 7) is 4.20. The Balaban J connectivity index is 1.23. The van der Waals surface area contributed by atoms with E-state index in [-0.39, 0.29) is 23.6 Å². The van der Waals surface area contributed by atoms with Gasteiger partial charge < -0.3 is 10.2 Å². The maximum atomic E-state index is 12.4. The topological polar surface area (TPSA) is 90.0 Å². The molecule has 4 rings (SSSR count). The van der Waals surface area contributed by atoms with Gasteiger partial charge in [0.2, 0.25) is 11.8 Å². The monoisotopic (exact) mass is 420 g/mol. The molecule has 0 spiro atoms. The van der Waals surface area contributed by atoms with Gasteiger partial charge in [-0.15, -0.1) is 0 Å². The van der Waals surface area contributed by atoms with Crippen LogP contribution < -0.4 is 10.2 Å². The summed E-state index contributed by atoms with van der Waals surface area (Å²) in [5.41, 5.74) is 1.59. The highest BCUT2D eigenvalue weighted by atomic mass is 32.2. The third-order valence-electron chi connectivity index (χ3n) is 6.04. The number of carbonyl (C=O) groups is 2. The van der Waals surface area contributed by atoms with Crippen LogP contribution >= 0.6 is 0 Å². The van der Waals surface area contributed by atoms with Crippen LogP contribution in [0.3, 0.4) is 0 Å². The summed E-state index contributed by atoms with van der Waals surface area (Å²) in [5, 5.41) is 2.92. The molecule has 1 aromatic carbocycles. The summed E-state index contributed by atoms with van der Waals surface area (Å²) in [5.74, 6) is 0.653. The molecule has 9 heteroatoms. The first-order valence-electron chi connectivity index (χ1n) is 10.3. The number of carbonyl (C=O) groups excluding carboxylic acids is 2. The quantitative estimate of drug-likeness (QED) is 0.749. The summed E-state index contributed by atoms with van der Waals surface area (Å²) in [7, 11) is -2.86. The number of nitrogens with one attached hydrogen (secondary N) is 1. The Labute approximate surface area is 171 Å². The highest BCUT2D eigenvalue weighted by Gasteiger charge is 2.33. The van der Waals surface area contributed by atoms with E-state index in [9.17, 15) is 18.0 Å². The highest BCUT2D eigenvalue weighted by Crippen LogP contribution is 2.23. The second-order valence-electron chi connectivity index (χ2n) is 8.11. The molecule has 3 heterocycles. The molecule has 0 bridgehead atoms. The van der Waals surface area contributed by atoms with Crippen LogP contribution in [0.25, 0.3) is 0 Å². The first-order chi connectivity index (χ1) is 13.9. The fraction of sp³-hybridized carbons (Fsp3) is 0.600. The first kappa shape index (κ1) is 20.3. The molecular weight excluding hydrogens is 392 g/mol. The second-order valence-corrected chi connectivity index (χ2v) is 10.3. The van der Waals surface area contributed by atoms with Crippen molar-refractivity contribution < 1.29 is 18.0 Å². The lowest BCUT2D eigenvalue weighted by atomic mass is 10.2. The van der Waals surface area contributed by atoms with Crippen LogP contribution in [-0.2, 0) is 19.4 Å². The van der Waals surface area contributed by atoms with E-state index < -0.39 is 9.84 Å². The molecule has 29 heavy (non-hydrogen) atoms. The molecule has 0 unspecified atom stereocenters. The van der Waals surface area contributed by atoms with Gasteiger partial charge in [-0.1, -0.05) is 0 Å². The van der Waals surface area contributed by atoms with Gasteiger partial charge in [0.1, 0.15) is 0 Å². The summed E-state index contributed by atoms with van der Waals surface area (Å²) in [4.78, 5) is 30.3. The van der Waals surface area contributed by atoms with Crippen LogP contribution in [0.15, 0.2) is 24.3 Å². The van der Waals surface area contributed by atoms with Gasteiger partial charge in [0.05, 0.1) is 18.1 Å². The number of hydrogen-bond donors (Lipinski definition) is 1. The fourth-order valence-corrected chi connectivity index (χ4v) is 6.16. The number of piperazine rings is 1. The molecule has 0 radical (unpaired) electrons. The van der Waals surface area contributed by atoms with Crippen LogP contribution in [0, 0.1) is 0 Å². The van der Waals surface area contributed by atoms with Gasteiger partial charge in [0.15, 0.2) is 9.84 Å². The van der Waals surface area contributed by atoms with Gasteiger partial charge in [0, 0.05) is 56.6 Å². The van der Waals surface area contributed by atoms with Crippen molar-refractivity contribution in [1.29, 1.82) is 0 Å². The maximum absolute atomic E-state index is 12.4. The average molecular weight is 421 g/mol. The van der Waals surface area contributed by atoms with Crippen molar-refractivity contribution in [1.82, 2.24) is 9.80 Å². The lowest BCUT2D eigenvalue weighted by Gasteiger charge is -2.37. The molecule has 3 fully saturated rings. The Bertz CT molecular complexity index is 863. The molecule has 3 saturated heterocycles. The number of nitrogens with zero attached hydrogens (tertiary/aromatic N) is 3. The van der Waals surface area contributed by atoms with E-state index >= 15 is 0 Å². The Kier molecular flexibility index (Phi) is 5.89. The Morgan fingerprint density at radius 1 is 1.07 bits per heavy atom. The molecule has 1 atom stereocenters. The lowest BCUT2D eigenvalue weighted by molar-refractivity contribution is -0.118. The maximum Gasteiger partial charge on any atom is 0.238 e. The van der Waals surface area contributed by atoms with Crippen LogP contribution in [-0.4, -0.2) is 86.8 Å². The van der Waals surface area contributed by atoms with Crippen molar-refractivity contribution in [3.05, 3.63) is 24.3 Å². The van der Waals surface area contributed by atoms with Gasteiger partial charge in [-0.3, -0.25) is 19.4 Å². The van der Waals surface area contributed by atoms with Crippen molar-refractivity contribution >= 4 is 33.0 Å². The Morgan fingerprint density at radius 3 is 2.38 bits per heavy atom. The molecule has 3 aliphatic heterocycles. The van der Waals surface area contributed by atoms with E-state index in [1.807, 2.05) is 24.3 Å². The SMILES string of the molecule is O=C(CN1CCN([C@@H]2CCS(=O)(=O)C2)CC1)Nc1ccc(N2CCCC2=O)cc1. The minimum absolute atomic E-state index is 0.0631. The van der Waals surface area contributed by atoms with Crippen LogP contribution in [0.2, 0.25) is 0 Å². The summed E-state index contributed by atoms with van der Waals surface area (Å²) in [6.07, 6.45) is 2.21. The molecule has 1 N–H and O–H groups in total. The molecule has 1 aromatic rings. The van der Waals surface area contributed by atoms with E-state index in [0.717, 1.165) is 56.9 Å². The number of benzene rings is 1. The average Bonchev–Trinajstić information content (AvgIpc) is 3.28. The van der Waals surface area contributed by atoms with Gasteiger partial charge in [0.25, 0.3) is 0 Å². The molecule has 0 aliphatic carbocycles. The van der Waals surface area contributed by atoms with Crippen molar-refractivity contribution in [2.45, 2.75) is 25.3 Å². The van der Waals surface area contributed by atoms with Crippen molar-refractivity contribution in [3.63, 3.8) is 0 Å². The predicted octanol–water partition coefficient (Wildman–Crippen LogP) is 0.557. The third kappa shape index (κ3) is 4.96. The van der Waals surface area contributed by atoms with Gasteiger partial charge in [-0.05, 0) is 37.1 Å². The zero-order chi connectivity index (χ0) is 20.4. The largest absolute Gasteiger partial charge is 0.325 e. The zero-order valence-electron chi connectivity index (χ0n) is 16.5. The van der Waals surface area contributed by atoms with E-state index in [2.05, 4.69) is 15.1 Å². The molecule has 3 aliphatic rings. The fourth-order valence-electron chi connectivity index (χ4n) is 4.40. The van der Waals surface area contributed by atoms with E-state index in [0.29, 0.717) is 18.7 Å². The van der Waals surface area contributed by atoms with Crippen LogP contribution in [0.4, 0.5) is 11.4 Å². The zero-order valence-corrected chi connectivity index (χ0v) is 17.4. The first-order valence-corrected chi connectivity index (χ1v) is 12.1. The molecular formula is C20H28N4O4S. The van der Waals surface area contributed by atoms with Crippen LogP contribution in [0.5, 0.6) is 0 Å². The molecule has 0 saturated carbocycles. The van der Waals surface area contributed by atoms with E-state index in [1.54, 1.807) is 4.90 Å². The minimum Gasteiger partial charge on any atom is -0.325 e. The van der Waals surface area contributed by atoms with Gasteiger partial charge in [-0.2, -0.15) is 0 Å². The standard InChI is InChI=1S/C20H28N4O4S/c25-19(21-16-3-5-17(6-4-16)24-8-1-2-20(24)26)14-22-9-11-23(12-10-22)18-7-13-29(27,28)15-18/h3-6,18H,1-2,7-15H2,(H,21,25)/t18-/m1/s1. The van der Waals surface area contributed by atoms with Gasteiger partial charge >= 0.3 is 0 Å². The predicted molar refractivity (Wildman–Crippen MR) is 112 cm³/mol. The molecule has 0 aromatic heterocycles. The normalized spacial score (nSPS) is 25.4. The van der Waals surface area contributed by atoms with Crippen molar-refractivity contribution in [2.75, 3.05) is 61.0 Å². The number of sulfone groups is 1. The molecule has 2 amide bonds. The molecule has 8 nitrogen and oxygen atoms in total. The Hall–Kier alpha value is -1.97. The van der Waals surface area contributed by atoms with E-state index in [4.69, 9.17) is 0 Å². The van der Waals surface area contributed by atoms with Crippen LogP contribution in [0.1, 0.15) is 19.3 Å². The summed E-state index contributed by atoms with van der Waals surface area (Å²) in [6, 6.07) is 7.53. The van der Waals surface area contributed by atoms with E-state index in [1.165, 1.54) is 0 Å². The lowest BCUT2D eigenvalue weighted by Crippen LogP contribution is -2.52. The smallest absolute Gasteiger partial charge is 0.238 e. The second kappa shape index (κ2) is 8.41. The number of amides is 2. The van der Waals surface area contributed by atoms with Crippen molar-refractivity contribution in [3.8, 4) is 0 Å².